The second-order valence-electron chi connectivity index (χ2n) is 9.21. The van der Waals surface area contributed by atoms with E-state index in [2.05, 4.69) is 36.2 Å². The molecule has 0 radical (unpaired) electrons. The Morgan fingerprint density at radius 1 is 1.19 bits per heavy atom. The molecule has 1 atom stereocenters. The highest BCUT2D eigenvalue weighted by Gasteiger charge is 2.36. The SMILES string of the molecule is COc1ccc2c(c1)OC(C)(C)C[C@H]2NC(=O)C1CCN(Cc2ccc(Cl)cc2)CC1. The molecule has 2 aromatic carbocycles. The van der Waals surface area contributed by atoms with Gasteiger partial charge in [0.15, 0.2) is 0 Å². The van der Waals surface area contributed by atoms with Crippen LogP contribution in [-0.4, -0.2) is 36.6 Å². The predicted octanol–water partition coefficient (Wildman–Crippen LogP) is 4.98. The number of amides is 1. The predicted molar refractivity (Wildman–Crippen MR) is 123 cm³/mol. The number of likely N-dealkylation sites (tertiary alicyclic amines) is 1. The van der Waals surface area contributed by atoms with Gasteiger partial charge in [0, 0.05) is 35.5 Å². The molecule has 5 nitrogen and oxygen atoms in total. The van der Waals surface area contributed by atoms with Crippen LogP contribution in [0.3, 0.4) is 0 Å². The van der Waals surface area contributed by atoms with E-state index in [-0.39, 0.29) is 23.5 Å². The lowest BCUT2D eigenvalue weighted by molar-refractivity contribution is -0.127. The Labute approximate surface area is 189 Å². The van der Waals surface area contributed by atoms with Gasteiger partial charge in [-0.1, -0.05) is 23.7 Å². The number of carbonyl (C=O) groups is 1. The normalized spacial score (nSPS) is 21.1. The van der Waals surface area contributed by atoms with Crippen LogP contribution in [0.25, 0.3) is 0 Å². The quantitative estimate of drug-likeness (QED) is 0.709. The summed E-state index contributed by atoms with van der Waals surface area (Å²) in [6.07, 6.45) is 2.50. The van der Waals surface area contributed by atoms with Gasteiger partial charge in [-0.05, 0) is 69.6 Å². The van der Waals surface area contributed by atoms with E-state index in [0.717, 1.165) is 61.0 Å². The fraction of sp³-hybridized carbons (Fsp3) is 0.480. The summed E-state index contributed by atoms with van der Waals surface area (Å²) in [5, 5.41) is 4.08. The summed E-state index contributed by atoms with van der Waals surface area (Å²) in [5.74, 6) is 1.75. The maximum atomic E-state index is 13.1. The lowest BCUT2D eigenvalue weighted by Crippen LogP contribution is -2.45. The summed E-state index contributed by atoms with van der Waals surface area (Å²) in [4.78, 5) is 15.5. The number of nitrogens with one attached hydrogen (secondary N) is 1. The second-order valence-corrected chi connectivity index (χ2v) is 9.64. The molecule has 31 heavy (non-hydrogen) atoms. The van der Waals surface area contributed by atoms with E-state index in [9.17, 15) is 4.79 Å². The number of ether oxygens (including phenoxy) is 2. The molecule has 4 rings (SSSR count). The van der Waals surface area contributed by atoms with Crippen molar-refractivity contribution in [3.05, 3.63) is 58.6 Å². The number of methoxy groups -OCH3 is 1. The van der Waals surface area contributed by atoms with E-state index < -0.39 is 0 Å². The minimum atomic E-state index is -0.348. The van der Waals surface area contributed by atoms with Gasteiger partial charge in [0.2, 0.25) is 5.91 Å². The third kappa shape index (κ3) is 5.34. The van der Waals surface area contributed by atoms with Crippen LogP contribution in [0.2, 0.25) is 5.02 Å². The maximum absolute atomic E-state index is 13.1. The van der Waals surface area contributed by atoms with Crippen molar-refractivity contribution in [2.75, 3.05) is 20.2 Å². The van der Waals surface area contributed by atoms with Crippen LogP contribution in [0.15, 0.2) is 42.5 Å². The number of hydrogen-bond donors (Lipinski definition) is 1. The van der Waals surface area contributed by atoms with Gasteiger partial charge in [0.05, 0.1) is 13.2 Å². The highest BCUT2D eigenvalue weighted by atomic mass is 35.5. The molecule has 0 aromatic heterocycles. The van der Waals surface area contributed by atoms with Gasteiger partial charge in [0.25, 0.3) is 0 Å². The molecular weight excluding hydrogens is 412 g/mol. The maximum Gasteiger partial charge on any atom is 0.223 e. The van der Waals surface area contributed by atoms with Crippen molar-refractivity contribution < 1.29 is 14.3 Å². The van der Waals surface area contributed by atoms with E-state index in [4.69, 9.17) is 21.1 Å². The van der Waals surface area contributed by atoms with Gasteiger partial charge in [-0.3, -0.25) is 9.69 Å². The van der Waals surface area contributed by atoms with E-state index in [1.807, 2.05) is 30.3 Å². The van der Waals surface area contributed by atoms with Crippen molar-refractivity contribution in [1.29, 1.82) is 0 Å². The van der Waals surface area contributed by atoms with Gasteiger partial charge in [0.1, 0.15) is 17.1 Å². The minimum Gasteiger partial charge on any atom is -0.497 e. The van der Waals surface area contributed by atoms with Crippen molar-refractivity contribution in [2.45, 2.75) is 51.3 Å². The van der Waals surface area contributed by atoms with Crippen LogP contribution in [0.4, 0.5) is 0 Å². The third-order valence-corrected chi connectivity index (χ3v) is 6.52. The highest BCUT2D eigenvalue weighted by Crippen LogP contribution is 2.41. The van der Waals surface area contributed by atoms with Crippen LogP contribution in [0, 0.1) is 5.92 Å². The molecule has 1 N–H and O–H groups in total. The van der Waals surface area contributed by atoms with Crippen molar-refractivity contribution in [1.82, 2.24) is 10.2 Å². The molecule has 1 fully saturated rings. The molecule has 1 saturated heterocycles. The average Bonchev–Trinajstić information content (AvgIpc) is 2.74. The topological polar surface area (TPSA) is 50.8 Å². The Kier molecular flexibility index (Phi) is 6.44. The molecule has 166 valence electrons. The fourth-order valence-electron chi connectivity index (χ4n) is 4.58. The van der Waals surface area contributed by atoms with Gasteiger partial charge < -0.3 is 14.8 Å². The second kappa shape index (κ2) is 9.09. The monoisotopic (exact) mass is 442 g/mol. The summed E-state index contributed by atoms with van der Waals surface area (Å²) < 4.78 is 11.5. The zero-order valence-corrected chi connectivity index (χ0v) is 19.2. The number of hydrogen-bond acceptors (Lipinski definition) is 4. The summed E-state index contributed by atoms with van der Waals surface area (Å²) in [6.45, 7) is 6.87. The first-order chi connectivity index (χ1) is 14.8. The van der Waals surface area contributed by atoms with Crippen LogP contribution in [0.1, 0.15) is 50.3 Å². The van der Waals surface area contributed by atoms with Gasteiger partial charge >= 0.3 is 0 Å². The fourth-order valence-corrected chi connectivity index (χ4v) is 4.70. The van der Waals surface area contributed by atoms with Crippen molar-refractivity contribution >= 4 is 17.5 Å². The van der Waals surface area contributed by atoms with Crippen LogP contribution < -0.4 is 14.8 Å². The van der Waals surface area contributed by atoms with Crippen LogP contribution in [0.5, 0.6) is 11.5 Å². The number of halogens is 1. The first-order valence-electron chi connectivity index (χ1n) is 11.0. The number of piperidine rings is 1. The molecule has 0 aliphatic carbocycles. The van der Waals surface area contributed by atoms with Crippen molar-refractivity contribution in [3.8, 4) is 11.5 Å². The molecule has 2 aliphatic heterocycles. The Hall–Kier alpha value is -2.24. The third-order valence-electron chi connectivity index (χ3n) is 6.27. The Morgan fingerprint density at radius 3 is 2.58 bits per heavy atom. The van der Waals surface area contributed by atoms with Crippen LogP contribution >= 0.6 is 11.6 Å². The molecule has 2 heterocycles. The first-order valence-corrected chi connectivity index (χ1v) is 11.3. The van der Waals surface area contributed by atoms with Gasteiger partial charge in [-0.2, -0.15) is 0 Å². The zero-order chi connectivity index (χ0) is 22.0. The van der Waals surface area contributed by atoms with E-state index in [1.165, 1.54) is 5.56 Å². The molecule has 0 unspecified atom stereocenters. The number of benzene rings is 2. The standard InChI is InChI=1S/C25H31ClN2O3/c1-25(2)15-22(21-9-8-20(30-3)14-23(21)31-25)27-24(29)18-10-12-28(13-11-18)16-17-4-6-19(26)7-5-17/h4-9,14,18,22H,10-13,15-16H2,1-3H3,(H,27,29)/t22-/m1/s1. The lowest BCUT2D eigenvalue weighted by Gasteiger charge is -2.39. The summed E-state index contributed by atoms with van der Waals surface area (Å²) >= 11 is 5.98. The average molecular weight is 443 g/mol. The number of fused-ring (bicyclic) bond motifs is 1. The largest absolute Gasteiger partial charge is 0.497 e. The Balaban J connectivity index is 1.36. The van der Waals surface area contributed by atoms with Crippen LogP contribution in [-0.2, 0) is 11.3 Å². The summed E-state index contributed by atoms with van der Waals surface area (Å²) in [5.41, 5.74) is 1.93. The number of rotatable bonds is 5. The molecule has 0 bridgehead atoms. The molecular formula is C25H31ClN2O3. The minimum absolute atomic E-state index is 0.0501. The molecule has 6 heteroatoms. The summed E-state index contributed by atoms with van der Waals surface area (Å²) in [7, 11) is 1.65. The van der Waals surface area contributed by atoms with Crippen molar-refractivity contribution in [3.63, 3.8) is 0 Å². The first kappa shape index (κ1) is 22.0. The Bertz CT molecular complexity index is 921. The summed E-state index contributed by atoms with van der Waals surface area (Å²) in [6, 6.07) is 13.8. The molecule has 2 aliphatic rings. The highest BCUT2D eigenvalue weighted by molar-refractivity contribution is 6.30. The van der Waals surface area contributed by atoms with Gasteiger partial charge in [-0.25, -0.2) is 0 Å². The van der Waals surface area contributed by atoms with E-state index >= 15 is 0 Å². The number of carbonyl (C=O) groups excluding carboxylic acids is 1. The smallest absolute Gasteiger partial charge is 0.223 e. The molecule has 1 amide bonds. The zero-order valence-electron chi connectivity index (χ0n) is 18.5. The number of nitrogens with zero attached hydrogens (tertiary/aromatic N) is 1. The van der Waals surface area contributed by atoms with Crippen molar-refractivity contribution in [2.24, 2.45) is 5.92 Å². The lowest BCUT2D eigenvalue weighted by atomic mass is 9.88. The Morgan fingerprint density at radius 2 is 1.90 bits per heavy atom. The molecule has 0 spiro atoms. The van der Waals surface area contributed by atoms with Gasteiger partial charge in [-0.15, -0.1) is 0 Å². The van der Waals surface area contributed by atoms with E-state index in [1.54, 1.807) is 7.11 Å². The van der Waals surface area contributed by atoms with E-state index in [0.29, 0.717) is 0 Å². The molecule has 0 saturated carbocycles. The molecule has 2 aromatic rings.